The number of nitrogens with one attached hydrogen (secondary N) is 1. The minimum Gasteiger partial charge on any atom is -0.333 e. The molecule has 47 heavy (non-hydrogen) atoms. The Morgan fingerprint density at radius 3 is 1.51 bits per heavy atom. The van der Waals surface area contributed by atoms with Gasteiger partial charge in [-0.15, -0.1) is 26.3 Å². The SMILES string of the molecule is C=C.C=CC.C=CCCC(C)C/C=C\C(=C)C(C)C.CC.CC.CC.CC/C(C)=C(\C(=N)C1(C)CCC1)C(CC)CC.CCC.CN. The van der Waals surface area contributed by atoms with Crippen molar-refractivity contribution in [2.45, 2.75) is 182 Å². The van der Waals surface area contributed by atoms with Gasteiger partial charge in [-0.2, -0.15) is 0 Å². The van der Waals surface area contributed by atoms with Crippen molar-refractivity contribution in [3.63, 3.8) is 0 Å². The van der Waals surface area contributed by atoms with E-state index >= 15 is 0 Å². The highest BCUT2D eigenvalue weighted by molar-refractivity contribution is 6.03. The Hall–Kier alpha value is -1.93. The number of hydrogen-bond donors (Lipinski definition) is 2. The molecule has 0 aliphatic heterocycles. The molecular weight excluding hydrogens is 569 g/mol. The third-order valence-electron chi connectivity index (χ3n) is 7.19. The molecule has 0 aromatic rings. The van der Waals surface area contributed by atoms with E-state index in [1.54, 1.807) is 6.08 Å². The van der Waals surface area contributed by atoms with Crippen LogP contribution in [-0.2, 0) is 0 Å². The van der Waals surface area contributed by atoms with Gasteiger partial charge in [0.2, 0.25) is 0 Å². The molecule has 284 valence electrons. The fraction of sp³-hybridized carbons (Fsp3) is 0.711. The third-order valence-corrected chi connectivity index (χ3v) is 7.19. The summed E-state index contributed by atoms with van der Waals surface area (Å²) < 4.78 is 0. The second kappa shape index (κ2) is 53.6. The van der Waals surface area contributed by atoms with Crippen LogP contribution in [0.15, 0.2) is 73.9 Å². The fourth-order valence-corrected chi connectivity index (χ4v) is 4.10. The molecule has 1 aliphatic rings. The molecule has 0 aromatic carbocycles. The monoisotopic (exact) mass is 663 g/mol. The van der Waals surface area contributed by atoms with E-state index in [2.05, 4.69) is 120 Å². The molecule has 1 unspecified atom stereocenters. The Labute approximate surface area is 302 Å². The van der Waals surface area contributed by atoms with E-state index in [4.69, 9.17) is 5.41 Å². The zero-order valence-electron chi connectivity index (χ0n) is 36.2. The maximum Gasteiger partial charge on any atom is 0.0407 e. The number of nitrogens with two attached hydrogens (primary N) is 1. The lowest BCUT2D eigenvalue weighted by atomic mass is 9.63. The summed E-state index contributed by atoms with van der Waals surface area (Å²) in [6.07, 6.45) is 20.1. The molecule has 3 N–H and O–H groups in total. The minimum absolute atomic E-state index is 0.189. The molecule has 0 radical (unpaired) electrons. The van der Waals surface area contributed by atoms with Gasteiger partial charge in [0.05, 0.1) is 0 Å². The molecule has 0 amide bonds. The normalized spacial score (nSPS) is 12.4. The highest BCUT2D eigenvalue weighted by Crippen LogP contribution is 2.45. The average molecular weight is 663 g/mol. The summed E-state index contributed by atoms with van der Waals surface area (Å²) in [5, 5.41) is 8.61. The van der Waals surface area contributed by atoms with Gasteiger partial charge in [0, 0.05) is 11.1 Å². The zero-order valence-corrected chi connectivity index (χ0v) is 36.2. The molecule has 0 spiro atoms. The van der Waals surface area contributed by atoms with Crippen LogP contribution in [0.3, 0.4) is 0 Å². The van der Waals surface area contributed by atoms with Gasteiger partial charge in [0.1, 0.15) is 0 Å². The van der Waals surface area contributed by atoms with Gasteiger partial charge in [-0.1, -0.05) is 159 Å². The Balaban J connectivity index is -0.0000000756. The van der Waals surface area contributed by atoms with Crippen LogP contribution in [0.25, 0.3) is 0 Å². The lowest BCUT2D eigenvalue weighted by Gasteiger charge is -2.41. The second-order valence-corrected chi connectivity index (χ2v) is 11.3. The van der Waals surface area contributed by atoms with E-state index in [1.165, 1.54) is 68.7 Å². The van der Waals surface area contributed by atoms with Crippen LogP contribution in [0.1, 0.15) is 182 Å². The number of allylic oxidation sites excluding steroid dienone is 7. The van der Waals surface area contributed by atoms with Crippen molar-refractivity contribution >= 4 is 5.71 Å². The van der Waals surface area contributed by atoms with Crippen LogP contribution in [0, 0.1) is 28.6 Å². The van der Waals surface area contributed by atoms with Crippen LogP contribution >= 0.6 is 0 Å². The van der Waals surface area contributed by atoms with Gasteiger partial charge in [-0.3, -0.25) is 0 Å². The summed E-state index contributed by atoms with van der Waals surface area (Å²) in [5.41, 5.74) is 9.70. The van der Waals surface area contributed by atoms with Crippen LogP contribution in [-0.4, -0.2) is 12.8 Å². The summed E-state index contributed by atoms with van der Waals surface area (Å²) >= 11 is 0. The van der Waals surface area contributed by atoms with Gasteiger partial charge in [-0.25, -0.2) is 0 Å². The summed E-state index contributed by atoms with van der Waals surface area (Å²) in [6.45, 7) is 53.1. The Bertz CT molecular complexity index is 685. The van der Waals surface area contributed by atoms with Crippen LogP contribution < -0.4 is 5.73 Å². The lowest BCUT2D eigenvalue weighted by molar-refractivity contribution is 0.259. The van der Waals surface area contributed by atoms with E-state index in [9.17, 15) is 0 Å². The van der Waals surface area contributed by atoms with Crippen molar-refractivity contribution in [3.8, 4) is 0 Å². The van der Waals surface area contributed by atoms with E-state index in [0.717, 1.165) is 30.9 Å². The Morgan fingerprint density at radius 2 is 1.26 bits per heavy atom. The average Bonchev–Trinajstić information content (AvgIpc) is 3.09. The van der Waals surface area contributed by atoms with Crippen molar-refractivity contribution < 1.29 is 0 Å². The molecule has 0 heterocycles. The van der Waals surface area contributed by atoms with Crippen molar-refractivity contribution in [1.29, 1.82) is 5.41 Å². The first-order valence-corrected chi connectivity index (χ1v) is 19.3. The molecule has 1 atom stereocenters. The van der Waals surface area contributed by atoms with Gasteiger partial charge in [-0.05, 0) is 95.6 Å². The largest absolute Gasteiger partial charge is 0.333 e. The predicted molar refractivity (Wildman–Crippen MR) is 230 cm³/mol. The van der Waals surface area contributed by atoms with Crippen LogP contribution in [0.5, 0.6) is 0 Å². The lowest BCUT2D eigenvalue weighted by Crippen LogP contribution is -2.37. The molecule has 0 aromatic heterocycles. The summed E-state index contributed by atoms with van der Waals surface area (Å²) in [6, 6.07) is 0. The van der Waals surface area contributed by atoms with Crippen molar-refractivity contribution in [1.82, 2.24) is 0 Å². The zero-order chi connectivity index (χ0) is 39.4. The molecular formula is C45H94N2. The smallest absolute Gasteiger partial charge is 0.0407 e. The van der Waals surface area contributed by atoms with Crippen LogP contribution in [0.4, 0.5) is 0 Å². The Morgan fingerprint density at radius 1 is 0.872 bits per heavy atom. The maximum absolute atomic E-state index is 8.61. The van der Waals surface area contributed by atoms with E-state index < -0.39 is 0 Å². The first kappa shape index (κ1) is 63.7. The molecule has 0 saturated heterocycles. The molecule has 2 nitrogen and oxygen atoms in total. The molecule has 1 fully saturated rings. The summed E-state index contributed by atoms with van der Waals surface area (Å²) in [4.78, 5) is 0. The predicted octanol–water partition coefficient (Wildman–Crippen LogP) is 16.2. The van der Waals surface area contributed by atoms with Gasteiger partial charge in [0.15, 0.2) is 0 Å². The number of hydrogen-bond acceptors (Lipinski definition) is 2. The second-order valence-electron chi connectivity index (χ2n) is 11.3. The molecule has 1 aliphatic carbocycles. The first-order chi connectivity index (χ1) is 22.4. The van der Waals surface area contributed by atoms with E-state index in [1.807, 2.05) is 54.5 Å². The van der Waals surface area contributed by atoms with Gasteiger partial charge >= 0.3 is 0 Å². The minimum atomic E-state index is 0.189. The molecule has 0 bridgehead atoms. The topological polar surface area (TPSA) is 49.9 Å². The van der Waals surface area contributed by atoms with E-state index in [-0.39, 0.29) is 5.41 Å². The summed E-state index contributed by atoms with van der Waals surface area (Å²) in [5.74, 6) is 1.92. The fourth-order valence-electron chi connectivity index (χ4n) is 4.10. The first-order valence-electron chi connectivity index (χ1n) is 19.3. The maximum atomic E-state index is 8.61. The quantitative estimate of drug-likeness (QED) is 0.115. The highest BCUT2D eigenvalue weighted by atomic mass is 14.6. The third kappa shape index (κ3) is 40.2. The van der Waals surface area contributed by atoms with E-state index in [0.29, 0.717) is 11.8 Å². The Kier molecular flexibility index (Phi) is 72.6. The summed E-state index contributed by atoms with van der Waals surface area (Å²) in [7, 11) is 1.50. The van der Waals surface area contributed by atoms with Crippen molar-refractivity contribution in [3.05, 3.63) is 73.9 Å². The van der Waals surface area contributed by atoms with Crippen molar-refractivity contribution in [2.75, 3.05) is 7.05 Å². The van der Waals surface area contributed by atoms with Gasteiger partial charge in [0.25, 0.3) is 0 Å². The molecule has 1 rings (SSSR count). The highest BCUT2D eigenvalue weighted by Gasteiger charge is 2.39. The van der Waals surface area contributed by atoms with Crippen molar-refractivity contribution in [2.24, 2.45) is 28.9 Å². The molecule has 1 saturated carbocycles. The standard InChI is InChI=1S/C16H29N.C14H24.C3H8.C3H6.3C2H6.C2H4.CH5N/c1-6-12(4)14(13(7-2)8-3)15(17)16(5)10-9-11-16;1-6-7-9-13(4)10-8-11-14(5)12(2)3;2*1-3-2;5*1-2/h13,17H,6-11H2,1-5H3;6,8,11-13H,1,5,7,9-10H2,2-4H3;3H2,1-2H3;3H,1H2,2H3;3*1-2H3;1-2H2;2H2,1H3/b14-12-,17-15?;11-8-;;;;;;;. The van der Waals surface area contributed by atoms with Crippen LogP contribution in [0.2, 0.25) is 0 Å². The molecule has 2 heteroatoms. The van der Waals surface area contributed by atoms with Gasteiger partial charge < -0.3 is 11.1 Å². The number of rotatable bonds is 13.